The summed E-state index contributed by atoms with van der Waals surface area (Å²) in [7, 11) is 1.56. The van der Waals surface area contributed by atoms with Crippen LogP contribution in [0.5, 0.6) is 0 Å². The Labute approximate surface area is 46.5 Å². The fourth-order valence-electron chi connectivity index (χ4n) is 0.452. The first-order valence-corrected chi connectivity index (χ1v) is 2.24. The van der Waals surface area contributed by atoms with Crippen molar-refractivity contribution < 1.29 is 9.53 Å². The molecule has 0 unspecified atom stereocenters. The molecule has 0 spiro atoms. The van der Waals surface area contributed by atoms with E-state index in [9.17, 15) is 4.79 Å². The van der Waals surface area contributed by atoms with Gasteiger partial charge < -0.3 is 10.1 Å². The van der Waals surface area contributed by atoms with Gasteiger partial charge >= 0.3 is 5.97 Å². The first-order valence-electron chi connectivity index (χ1n) is 2.24. The van der Waals surface area contributed by atoms with Gasteiger partial charge in [0.15, 0.2) is 0 Å². The molecule has 1 heterocycles. The molecule has 0 amide bonds. The zero-order valence-corrected chi connectivity index (χ0v) is 4.47. The van der Waals surface area contributed by atoms with E-state index in [1.54, 1.807) is 7.05 Å². The van der Waals surface area contributed by atoms with Crippen molar-refractivity contribution >= 4 is 12.0 Å². The summed E-state index contributed by atoms with van der Waals surface area (Å²) in [4.78, 5) is 13.8. The van der Waals surface area contributed by atoms with Gasteiger partial charge in [0.1, 0.15) is 6.54 Å². The van der Waals surface area contributed by atoms with Crippen LogP contribution in [0, 0.1) is 0 Å². The molecule has 1 N–H and O–H groups in total. The number of cyclic esters (lactones) is 1. The molecule has 0 radical (unpaired) electrons. The average Bonchev–Trinajstić information content (AvgIpc) is 2.14. The lowest BCUT2D eigenvalue weighted by atomic mass is 10.7. The van der Waals surface area contributed by atoms with Crippen LogP contribution >= 0.6 is 0 Å². The molecule has 4 heteroatoms. The monoisotopic (exact) mass is 114 g/mol. The molecule has 8 heavy (non-hydrogen) atoms. The number of amidine groups is 1. The summed E-state index contributed by atoms with van der Waals surface area (Å²) in [5, 5.41) is 2.63. The van der Waals surface area contributed by atoms with E-state index in [1.165, 1.54) is 0 Å². The summed E-state index contributed by atoms with van der Waals surface area (Å²) in [6.07, 6.45) is 0. The number of carbonyl (C=O) groups is 1. The second kappa shape index (κ2) is 1.81. The number of nitrogens with one attached hydrogen (secondary N) is 1. The van der Waals surface area contributed by atoms with Crippen LogP contribution in [0.3, 0.4) is 0 Å². The quantitative estimate of drug-likeness (QED) is 0.416. The minimum atomic E-state index is -0.273. The summed E-state index contributed by atoms with van der Waals surface area (Å²) in [6.45, 7) is 0.243. The van der Waals surface area contributed by atoms with Crippen molar-refractivity contribution in [3.8, 4) is 0 Å². The Bertz CT molecular complexity index is 141. The topological polar surface area (TPSA) is 50.7 Å². The Balaban J connectivity index is 2.56. The molecule has 0 atom stereocenters. The molecule has 44 valence electrons. The first-order chi connectivity index (χ1) is 3.83. The number of hydrogen-bond acceptors (Lipinski definition) is 3. The van der Waals surface area contributed by atoms with Gasteiger partial charge in [0.2, 0.25) is 0 Å². The maximum atomic E-state index is 10.2. The van der Waals surface area contributed by atoms with Crippen LogP contribution < -0.4 is 5.32 Å². The number of ether oxygens (including phenoxy) is 1. The summed E-state index contributed by atoms with van der Waals surface area (Å²) in [5.74, 6) is -0.273. The fraction of sp³-hybridized carbons (Fsp3) is 0.500. The summed E-state index contributed by atoms with van der Waals surface area (Å²) in [5.41, 5.74) is 0. The molecular weight excluding hydrogens is 108 g/mol. The molecule has 0 aromatic carbocycles. The molecular formula is C4H6N2O2. The van der Waals surface area contributed by atoms with Gasteiger partial charge in [0.25, 0.3) is 6.02 Å². The van der Waals surface area contributed by atoms with Crippen molar-refractivity contribution in [2.75, 3.05) is 13.6 Å². The minimum Gasteiger partial charge on any atom is -0.391 e. The van der Waals surface area contributed by atoms with E-state index in [2.05, 4.69) is 15.0 Å². The summed E-state index contributed by atoms with van der Waals surface area (Å²) >= 11 is 0. The van der Waals surface area contributed by atoms with E-state index in [0.717, 1.165) is 0 Å². The van der Waals surface area contributed by atoms with Gasteiger partial charge in [0, 0.05) is 7.05 Å². The van der Waals surface area contributed by atoms with Gasteiger partial charge in [-0.1, -0.05) is 0 Å². The molecule has 0 aromatic heterocycles. The van der Waals surface area contributed by atoms with E-state index in [-0.39, 0.29) is 12.5 Å². The van der Waals surface area contributed by atoms with Gasteiger partial charge in [-0.3, -0.25) is 0 Å². The van der Waals surface area contributed by atoms with Crippen LogP contribution in [0.1, 0.15) is 0 Å². The van der Waals surface area contributed by atoms with E-state index in [0.29, 0.717) is 6.02 Å². The van der Waals surface area contributed by atoms with E-state index >= 15 is 0 Å². The SMILES string of the molecule is CN=C1NCC(=O)O1. The highest BCUT2D eigenvalue weighted by Crippen LogP contribution is 1.87. The standard InChI is InChI=1S/C4H6N2O2/c1-5-4-6-2-3(7)8-4/h2H2,1H3,(H,5,6). The number of aliphatic imine (C=N–C) groups is 1. The van der Waals surface area contributed by atoms with Crippen LogP contribution in [-0.2, 0) is 9.53 Å². The second-order valence-corrected chi connectivity index (χ2v) is 1.36. The fourth-order valence-corrected chi connectivity index (χ4v) is 0.452. The predicted octanol–water partition coefficient (Wildman–Crippen LogP) is -0.881. The van der Waals surface area contributed by atoms with E-state index < -0.39 is 0 Å². The maximum absolute atomic E-state index is 10.2. The van der Waals surface area contributed by atoms with Gasteiger partial charge in [-0.15, -0.1) is 0 Å². The van der Waals surface area contributed by atoms with Crippen molar-refractivity contribution in [2.45, 2.75) is 0 Å². The number of esters is 1. The number of rotatable bonds is 0. The number of carbonyl (C=O) groups excluding carboxylic acids is 1. The lowest BCUT2D eigenvalue weighted by molar-refractivity contribution is -0.131. The Morgan fingerprint density at radius 3 is 2.88 bits per heavy atom. The molecule has 1 rings (SSSR count). The van der Waals surface area contributed by atoms with Gasteiger partial charge in [-0.05, 0) is 0 Å². The molecule has 1 fully saturated rings. The predicted molar refractivity (Wildman–Crippen MR) is 27.5 cm³/mol. The van der Waals surface area contributed by atoms with Crippen LogP contribution in [-0.4, -0.2) is 25.6 Å². The molecule has 4 nitrogen and oxygen atoms in total. The van der Waals surface area contributed by atoms with Crippen molar-refractivity contribution in [1.29, 1.82) is 0 Å². The third-order valence-electron chi connectivity index (χ3n) is 0.798. The third-order valence-corrected chi connectivity index (χ3v) is 0.798. The highest BCUT2D eigenvalue weighted by Gasteiger charge is 2.15. The number of nitrogens with zero attached hydrogens (tertiary/aromatic N) is 1. The van der Waals surface area contributed by atoms with Crippen molar-refractivity contribution in [3.63, 3.8) is 0 Å². The van der Waals surface area contributed by atoms with Crippen LogP contribution in [0.25, 0.3) is 0 Å². The number of hydrogen-bond donors (Lipinski definition) is 1. The zero-order chi connectivity index (χ0) is 5.98. The van der Waals surface area contributed by atoms with Gasteiger partial charge in [0.05, 0.1) is 0 Å². The lowest BCUT2D eigenvalue weighted by Gasteiger charge is -1.87. The molecule has 1 saturated heterocycles. The summed E-state index contributed by atoms with van der Waals surface area (Å²) < 4.78 is 4.51. The van der Waals surface area contributed by atoms with Crippen LogP contribution in [0.2, 0.25) is 0 Å². The lowest BCUT2D eigenvalue weighted by Crippen LogP contribution is -2.14. The van der Waals surface area contributed by atoms with Crippen LogP contribution in [0.4, 0.5) is 0 Å². The Kier molecular flexibility index (Phi) is 1.15. The Morgan fingerprint density at radius 2 is 2.62 bits per heavy atom. The molecule has 0 aliphatic carbocycles. The molecule has 0 saturated carbocycles. The molecule has 0 bridgehead atoms. The molecule has 0 aromatic rings. The van der Waals surface area contributed by atoms with Gasteiger partial charge in [-0.2, -0.15) is 0 Å². The normalized spacial score (nSPS) is 23.1. The second-order valence-electron chi connectivity index (χ2n) is 1.36. The Hall–Kier alpha value is -1.06. The molecule has 1 aliphatic heterocycles. The Morgan fingerprint density at radius 1 is 1.88 bits per heavy atom. The minimum absolute atomic E-state index is 0.243. The first kappa shape index (κ1) is 5.08. The smallest absolute Gasteiger partial charge is 0.333 e. The van der Waals surface area contributed by atoms with E-state index in [1.807, 2.05) is 0 Å². The largest absolute Gasteiger partial charge is 0.391 e. The van der Waals surface area contributed by atoms with Crippen molar-refractivity contribution in [2.24, 2.45) is 4.99 Å². The van der Waals surface area contributed by atoms with Gasteiger partial charge in [-0.25, -0.2) is 9.79 Å². The van der Waals surface area contributed by atoms with E-state index in [4.69, 9.17) is 0 Å². The van der Waals surface area contributed by atoms with Crippen LogP contribution in [0.15, 0.2) is 4.99 Å². The van der Waals surface area contributed by atoms with Crippen molar-refractivity contribution in [1.82, 2.24) is 5.32 Å². The van der Waals surface area contributed by atoms with Crippen molar-refractivity contribution in [3.05, 3.63) is 0 Å². The zero-order valence-electron chi connectivity index (χ0n) is 4.47. The third kappa shape index (κ3) is 0.776. The highest BCUT2D eigenvalue weighted by atomic mass is 16.6. The average molecular weight is 114 g/mol. The highest BCUT2D eigenvalue weighted by molar-refractivity contribution is 5.95. The summed E-state index contributed by atoms with van der Waals surface area (Å²) in [6, 6.07) is 0.315. The maximum Gasteiger partial charge on any atom is 0.333 e. The molecule has 1 aliphatic rings.